The number of nitrogens with one attached hydrogen (secondary N) is 2. The molecule has 0 radical (unpaired) electrons. The normalized spacial score (nSPS) is 19.0. The fourth-order valence-electron chi connectivity index (χ4n) is 2.08. The molecule has 0 saturated carbocycles. The Labute approximate surface area is 121 Å². The quantitative estimate of drug-likeness (QED) is 0.872. The van der Waals surface area contributed by atoms with Crippen molar-refractivity contribution < 1.29 is 13.7 Å². The van der Waals surface area contributed by atoms with E-state index in [0.29, 0.717) is 23.6 Å². The van der Waals surface area contributed by atoms with Crippen molar-refractivity contribution in [3.05, 3.63) is 18.2 Å². The van der Waals surface area contributed by atoms with Crippen LogP contribution in [-0.4, -0.2) is 34.3 Å². The molecule has 20 heavy (non-hydrogen) atoms. The molecule has 1 amide bonds. The summed E-state index contributed by atoms with van der Waals surface area (Å²) in [6.07, 6.45) is 2.23. The molecule has 0 aliphatic carbocycles. The largest absolute Gasteiger partial charge is 0.489 e. The van der Waals surface area contributed by atoms with Gasteiger partial charge in [0.15, 0.2) is 0 Å². The number of amides is 1. The van der Waals surface area contributed by atoms with Crippen LogP contribution in [0.2, 0.25) is 0 Å². The minimum atomic E-state index is -0.897. The smallest absolute Gasteiger partial charge is 0.247 e. The molecule has 2 N–H and O–H groups in total. The summed E-state index contributed by atoms with van der Waals surface area (Å²) in [5.41, 5.74) is 1.52. The Balaban J connectivity index is 2.18. The summed E-state index contributed by atoms with van der Waals surface area (Å²) in [6, 6.07) is 5.27. The van der Waals surface area contributed by atoms with Gasteiger partial charge in [-0.15, -0.1) is 0 Å². The summed E-state index contributed by atoms with van der Waals surface area (Å²) in [5, 5.41) is 6.07. The maximum atomic E-state index is 12.1. The first-order chi connectivity index (χ1) is 9.47. The summed E-state index contributed by atoms with van der Waals surface area (Å²) in [6.45, 7) is 3.88. The molecule has 1 aromatic carbocycles. The van der Waals surface area contributed by atoms with E-state index in [-0.39, 0.29) is 18.1 Å². The predicted molar refractivity (Wildman–Crippen MR) is 81.8 cm³/mol. The van der Waals surface area contributed by atoms with Crippen LogP contribution in [0.5, 0.6) is 5.75 Å². The molecular formula is C14H20N2O3S. The second-order valence-corrected chi connectivity index (χ2v) is 6.65. The average molecular weight is 296 g/mol. The molecule has 1 aliphatic rings. The van der Waals surface area contributed by atoms with Crippen LogP contribution in [0, 0.1) is 0 Å². The fraction of sp³-hybridized carbons (Fsp3) is 0.500. The van der Waals surface area contributed by atoms with Gasteiger partial charge in [0.2, 0.25) is 5.91 Å². The van der Waals surface area contributed by atoms with Crippen LogP contribution in [0.1, 0.15) is 20.3 Å². The van der Waals surface area contributed by atoms with Crippen LogP contribution in [0.15, 0.2) is 18.2 Å². The van der Waals surface area contributed by atoms with Crippen molar-refractivity contribution in [1.82, 2.24) is 0 Å². The zero-order valence-corrected chi connectivity index (χ0v) is 12.8. The highest BCUT2D eigenvalue weighted by molar-refractivity contribution is 7.84. The van der Waals surface area contributed by atoms with Gasteiger partial charge in [0.1, 0.15) is 17.5 Å². The lowest BCUT2D eigenvalue weighted by atomic mass is 10.1. The molecule has 0 bridgehead atoms. The molecule has 0 spiro atoms. The third-order valence-corrected chi connectivity index (χ3v) is 3.79. The third-order valence-electron chi connectivity index (χ3n) is 2.98. The SMILES string of the molecule is CC(C)Oc1cccc2c1NC(=O)C(CCS(C)=O)N2. The number of anilines is 2. The third kappa shape index (κ3) is 3.50. The molecule has 1 aliphatic heterocycles. The molecule has 2 rings (SSSR count). The number of carbonyl (C=O) groups excluding carboxylic acids is 1. The van der Waals surface area contributed by atoms with Crippen LogP contribution in [0.4, 0.5) is 11.4 Å². The van der Waals surface area contributed by atoms with Gasteiger partial charge < -0.3 is 15.4 Å². The summed E-state index contributed by atoms with van der Waals surface area (Å²) >= 11 is 0. The number of hydrogen-bond donors (Lipinski definition) is 2. The molecule has 1 heterocycles. The fourth-order valence-corrected chi connectivity index (χ4v) is 2.65. The minimum absolute atomic E-state index is 0.0404. The van der Waals surface area contributed by atoms with Crippen LogP contribution < -0.4 is 15.4 Å². The first-order valence-electron chi connectivity index (χ1n) is 6.64. The number of para-hydroxylation sites is 1. The molecule has 6 heteroatoms. The van der Waals surface area contributed by atoms with Gasteiger partial charge in [0.25, 0.3) is 0 Å². The number of carbonyl (C=O) groups is 1. The Kier molecular flexibility index (Phi) is 4.65. The molecule has 0 aromatic heterocycles. The predicted octanol–water partition coefficient (Wildman–Crippen LogP) is 1.97. The zero-order valence-electron chi connectivity index (χ0n) is 11.9. The van der Waals surface area contributed by atoms with Gasteiger partial charge in [-0.1, -0.05) is 6.07 Å². The second-order valence-electron chi connectivity index (χ2n) is 5.10. The van der Waals surface area contributed by atoms with Gasteiger partial charge in [-0.25, -0.2) is 0 Å². The molecule has 2 atom stereocenters. The van der Waals surface area contributed by atoms with Crippen LogP contribution >= 0.6 is 0 Å². The zero-order chi connectivity index (χ0) is 14.7. The van der Waals surface area contributed by atoms with Gasteiger partial charge >= 0.3 is 0 Å². The number of fused-ring (bicyclic) bond motifs is 1. The first kappa shape index (κ1) is 14.8. The van der Waals surface area contributed by atoms with Crippen molar-refractivity contribution in [3.63, 3.8) is 0 Å². The molecular weight excluding hydrogens is 276 g/mol. The Hall–Kier alpha value is -1.56. The molecule has 1 aromatic rings. The van der Waals surface area contributed by atoms with E-state index in [1.54, 1.807) is 6.26 Å². The highest BCUT2D eigenvalue weighted by Gasteiger charge is 2.27. The Bertz CT molecular complexity index is 531. The van der Waals surface area contributed by atoms with Gasteiger partial charge in [-0.05, 0) is 32.4 Å². The van der Waals surface area contributed by atoms with Gasteiger partial charge in [0.05, 0.1) is 11.8 Å². The topological polar surface area (TPSA) is 67.4 Å². The average Bonchev–Trinajstić information content (AvgIpc) is 2.36. The van der Waals surface area contributed by atoms with Crippen molar-refractivity contribution in [2.45, 2.75) is 32.4 Å². The lowest BCUT2D eigenvalue weighted by Crippen LogP contribution is -2.39. The van der Waals surface area contributed by atoms with Gasteiger partial charge in [-0.2, -0.15) is 0 Å². The Morgan fingerprint density at radius 1 is 1.40 bits per heavy atom. The molecule has 2 unspecified atom stereocenters. The number of hydrogen-bond acceptors (Lipinski definition) is 4. The number of ether oxygens (including phenoxy) is 1. The van der Waals surface area contributed by atoms with Crippen molar-refractivity contribution in [1.29, 1.82) is 0 Å². The number of rotatable bonds is 5. The van der Waals surface area contributed by atoms with Gasteiger partial charge in [-0.3, -0.25) is 9.00 Å². The minimum Gasteiger partial charge on any atom is -0.489 e. The summed E-state index contributed by atoms with van der Waals surface area (Å²) < 4.78 is 16.8. The summed E-state index contributed by atoms with van der Waals surface area (Å²) in [4.78, 5) is 12.1. The summed E-state index contributed by atoms with van der Waals surface area (Å²) in [7, 11) is -0.897. The van der Waals surface area contributed by atoms with E-state index in [1.165, 1.54) is 0 Å². The number of benzene rings is 1. The second kappa shape index (κ2) is 6.26. The maximum absolute atomic E-state index is 12.1. The van der Waals surface area contributed by atoms with Crippen molar-refractivity contribution >= 4 is 28.1 Å². The molecule has 5 nitrogen and oxygen atoms in total. The lowest BCUT2D eigenvalue weighted by Gasteiger charge is -2.28. The Morgan fingerprint density at radius 3 is 2.80 bits per heavy atom. The van der Waals surface area contributed by atoms with Crippen molar-refractivity contribution in [2.75, 3.05) is 22.6 Å². The molecule has 0 fully saturated rings. The maximum Gasteiger partial charge on any atom is 0.247 e. The van der Waals surface area contributed by atoms with Gasteiger partial charge in [0, 0.05) is 22.8 Å². The highest BCUT2D eigenvalue weighted by atomic mass is 32.2. The van der Waals surface area contributed by atoms with E-state index in [9.17, 15) is 9.00 Å². The summed E-state index contributed by atoms with van der Waals surface area (Å²) in [5.74, 6) is 1.06. The van der Waals surface area contributed by atoms with Crippen LogP contribution in [0.25, 0.3) is 0 Å². The van der Waals surface area contributed by atoms with E-state index in [2.05, 4.69) is 10.6 Å². The van der Waals surface area contributed by atoms with Crippen molar-refractivity contribution in [2.24, 2.45) is 0 Å². The van der Waals surface area contributed by atoms with Crippen LogP contribution in [0.3, 0.4) is 0 Å². The van der Waals surface area contributed by atoms with E-state index in [4.69, 9.17) is 4.74 Å². The first-order valence-corrected chi connectivity index (χ1v) is 8.37. The van der Waals surface area contributed by atoms with Crippen molar-refractivity contribution in [3.8, 4) is 5.75 Å². The van der Waals surface area contributed by atoms with Crippen LogP contribution in [-0.2, 0) is 15.6 Å². The van der Waals surface area contributed by atoms with E-state index >= 15 is 0 Å². The van der Waals surface area contributed by atoms with E-state index in [0.717, 1.165) is 5.69 Å². The molecule has 0 saturated heterocycles. The molecule has 110 valence electrons. The van der Waals surface area contributed by atoms with E-state index < -0.39 is 10.8 Å². The van der Waals surface area contributed by atoms with E-state index in [1.807, 2.05) is 32.0 Å². The monoisotopic (exact) mass is 296 g/mol. The Morgan fingerprint density at radius 2 is 2.15 bits per heavy atom. The lowest BCUT2D eigenvalue weighted by molar-refractivity contribution is -0.117. The standard InChI is InChI=1S/C14H20N2O3S/c1-9(2)19-12-6-4-5-10-13(12)16-14(17)11(15-10)7-8-20(3)18/h4-6,9,11,15H,7-8H2,1-3H3,(H,16,17). The highest BCUT2D eigenvalue weighted by Crippen LogP contribution is 2.36.